The summed E-state index contributed by atoms with van der Waals surface area (Å²) in [4.78, 5) is 30.8. The quantitative estimate of drug-likeness (QED) is 0.252. The summed E-state index contributed by atoms with van der Waals surface area (Å²) in [6.07, 6.45) is -6.44. The minimum Gasteiger partial charge on any atom is -0.475 e. The third-order valence-corrected chi connectivity index (χ3v) is 6.66. The highest BCUT2D eigenvalue weighted by atomic mass is 32.2. The molecule has 0 saturated carbocycles. The lowest BCUT2D eigenvalue weighted by molar-refractivity contribution is -0.192. The van der Waals surface area contributed by atoms with Gasteiger partial charge in [-0.1, -0.05) is 0 Å². The number of carbonyl (C=O) groups is 1. The van der Waals surface area contributed by atoms with Gasteiger partial charge in [0.25, 0.3) is 0 Å². The minimum absolute atomic E-state index is 0.118. The van der Waals surface area contributed by atoms with Crippen LogP contribution in [0.5, 0.6) is 0 Å². The Hall–Kier alpha value is -3.45. The van der Waals surface area contributed by atoms with Crippen molar-refractivity contribution in [3.63, 3.8) is 0 Å². The molecule has 1 aliphatic rings. The molecule has 1 fully saturated rings. The zero-order chi connectivity index (χ0) is 30.9. The van der Waals surface area contributed by atoms with Gasteiger partial charge in [-0.3, -0.25) is 9.58 Å². The number of nitrogens with zero attached hydrogens (tertiary/aromatic N) is 8. The summed E-state index contributed by atoms with van der Waals surface area (Å²) in [5.41, 5.74) is 2.00. The van der Waals surface area contributed by atoms with Gasteiger partial charge in [0.05, 0.1) is 13.2 Å². The van der Waals surface area contributed by atoms with Crippen molar-refractivity contribution in [2.24, 2.45) is 0 Å². The molecule has 4 heterocycles. The molecule has 19 heteroatoms. The highest BCUT2D eigenvalue weighted by Crippen LogP contribution is 2.29. The standard InChI is InChI=1S/C21H28F3N9OS.C2HF3O2/c1-3-31(2)20-28-17-15(12-32-7-10-35-11-8-32)30-33(6-9-34-13-21(22,23)24)18(17)19(29-20)27-16-4-5-25-14-26-16;3-2(4,5)1(6)7/h4-5,14H,3,6-13H2,1-2H3,(H,25,26,27,28,29);(H,6,7). The van der Waals surface area contributed by atoms with Crippen molar-refractivity contribution >= 4 is 46.3 Å². The molecule has 2 N–H and O–H groups in total. The van der Waals surface area contributed by atoms with Crippen LogP contribution >= 0.6 is 11.8 Å². The maximum absolute atomic E-state index is 12.6. The highest BCUT2D eigenvalue weighted by Gasteiger charge is 2.38. The number of hydrogen-bond acceptors (Lipinski definition) is 11. The van der Waals surface area contributed by atoms with Crippen LogP contribution in [0.4, 0.5) is 43.9 Å². The van der Waals surface area contributed by atoms with Gasteiger partial charge < -0.3 is 20.1 Å². The first-order valence-electron chi connectivity index (χ1n) is 12.5. The monoisotopic (exact) mass is 625 g/mol. The molecule has 0 bridgehead atoms. The van der Waals surface area contributed by atoms with Crippen LogP contribution in [0.3, 0.4) is 0 Å². The summed E-state index contributed by atoms with van der Waals surface area (Å²) in [6.45, 7) is 3.81. The molecule has 0 radical (unpaired) electrons. The molecule has 42 heavy (non-hydrogen) atoms. The van der Waals surface area contributed by atoms with Crippen LogP contribution in [0.1, 0.15) is 12.6 Å². The van der Waals surface area contributed by atoms with E-state index in [0.29, 0.717) is 41.7 Å². The summed E-state index contributed by atoms with van der Waals surface area (Å²) in [5, 5.41) is 15.1. The highest BCUT2D eigenvalue weighted by molar-refractivity contribution is 7.99. The van der Waals surface area contributed by atoms with Gasteiger partial charge in [0.2, 0.25) is 5.95 Å². The number of ether oxygens (including phenoxy) is 1. The Balaban J connectivity index is 0.000000616. The van der Waals surface area contributed by atoms with Crippen molar-refractivity contribution in [1.29, 1.82) is 0 Å². The predicted molar refractivity (Wildman–Crippen MR) is 143 cm³/mol. The van der Waals surface area contributed by atoms with Crippen LogP contribution < -0.4 is 10.2 Å². The largest absolute Gasteiger partial charge is 0.490 e. The molecule has 4 rings (SSSR count). The third-order valence-electron chi connectivity index (χ3n) is 5.72. The number of carboxylic acid groups (broad SMARTS) is 1. The SMILES string of the molecule is CCN(C)c1nc(Nc2ccncn2)c2c(n1)c(CN1CCSCC1)nn2CCOCC(F)(F)F.O=C(O)C(F)(F)F. The Morgan fingerprint density at radius 3 is 2.45 bits per heavy atom. The molecule has 3 aromatic rings. The summed E-state index contributed by atoms with van der Waals surface area (Å²) >= 11 is 1.92. The molecule has 0 aromatic carbocycles. The lowest BCUT2D eigenvalue weighted by atomic mass is 10.3. The molecule has 0 aliphatic carbocycles. The van der Waals surface area contributed by atoms with Gasteiger partial charge in [0.15, 0.2) is 5.82 Å². The van der Waals surface area contributed by atoms with E-state index in [4.69, 9.17) is 29.7 Å². The topological polar surface area (TPSA) is 134 Å². The normalized spacial score (nSPS) is 14.4. The summed E-state index contributed by atoms with van der Waals surface area (Å²) in [5.74, 6) is 0.841. The van der Waals surface area contributed by atoms with Gasteiger partial charge >= 0.3 is 18.3 Å². The van der Waals surface area contributed by atoms with Gasteiger partial charge in [0.1, 0.15) is 35.5 Å². The molecular weight excluding hydrogens is 596 g/mol. The Bertz CT molecular complexity index is 1300. The van der Waals surface area contributed by atoms with Crippen molar-refractivity contribution in [3.8, 4) is 0 Å². The first-order chi connectivity index (χ1) is 19.8. The van der Waals surface area contributed by atoms with E-state index in [2.05, 4.69) is 20.2 Å². The average Bonchev–Trinajstić information content (AvgIpc) is 3.28. The number of hydrogen-bond donors (Lipinski definition) is 2. The number of alkyl halides is 6. The predicted octanol–water partition coefficient (Wildman–Crippen LogP) is 3.58. The van der Waals surface area contributed by atoms with Crippen molar-refractivity contribution in [1.82, 2.24) is 34.6 Å². The number of thioether (sulfide) groups is 1. The van der Waals surface area contributed by atoms with Crippen LogP contribution in [0.2, 0.25) is 0 Å². The van der Waals surface area contributed by atoms with Crippen molar-refractivity contribution < 1.29 is 41.0 Å². The first kappa shape index (κ1) is 33.1. The summed E-state index contributed by atoms with van der Waals surface area (Å²) in [6, 6.07) is 1.70. The Labute approximate surface area is 240 Å². The number of nitrogens with one attached hydrogen (secondary N) is 1. The van der Waals surface area contributed by atoms with Crippen LogP contribution in [0, 0.1) is 0 Å². The van der Waals surface area contributed by atoms with Crippen LogP contribution in [-0.4, -0.2) is 109 Å². The molecule has 12 nitrogen and oxygen atoms in total. The lowest BCUT2D eigenvalue weighted by Crippen LogP contribution is -2.32. The minimum atomic E-state index is -5.08. The smallest absolute Gasteiger partial charge is 0.475 e. The van der Waals surface area contributed by atoms with E-state index in [0.717, 1.165) is 30.3 Å². The van der Waals surface area contributed by atoms with Gasteiger partial charge in [-0.2, -0.15) is 48.2 Å². The molecule has 3 aromatic heterocycles. The lowest BCUT2D eigenvalue weighted by Gasteiger charge is -2.25. The van der Waals surface area contributed by atoms with E-state index in [1.807, 2.05) is 30.6 Å². The van der Waals surface area contributed by atoms with Crippen LogP contribution in [0.25, 0.3) is 11.0 Å². The van der Waals surface area contributed by atoms with Gasteiger partial charge in [0, 0.05) is 50.9 Å². The molecule has 0 unspecified atom stereocenters. The van der Waals surface area contributed by atoms with E-state index >= 15 is 0 Å². The van der Waals surface area contributed by atoms with Crippen molar-refractivity contribution in [2.45, 2.75) is 32.4 Å². The number of carboxylic acids is 1. The number of fused-ring (bicyclic) bond motifs is 1. The first-order valence-corrected chi connectivity index (χ1v) is 13.7. The number of halogens is 6. The molecular formula is C23H29F6N9O3S. The Morgan fingerprint density at radius 1 is 1.19 bits per heavy atom. The fourth-order valence-electron chi connectivity index (χ4n) is 3.60. The van der Waals surface area contributed by atoms with Gasteiger partial charge in [-0.25, -0.2) is 19.7 Å². The maximum Gasteiger partial charge on any atom is 0.490 e. The molecule has 0 atom stereocenters. The molecule has 232 valence electrons. The second-order valence-corrected chi connectivity index (χ2v) is 10.1. The van der Waals surface area contributed by atoms with E-state index < -0.39 is 24.9 Å². The van der Waals surface area contributed by atoms with Gasteiger partial charge in [-0.15, -0.1) is 0 Å². The molecule has 1 saturated heterocycles. The zero-order valence-corrected chi connectivity index (χ0v) is 23.4. The Morgan fingerprint density at radius 2 is 1.88 bits per heavy atom. The molecule has 0 spiro atoms. The van der Waals surface area contributed by atoms with E-state index in [-0.39, 0.29) is 13.2 Å². The second-order valence-electron chi connectivity index (χ2n) is 8.83. The third kappa shape index (κ3) is 9.83. The Kier molecular flexibility index (Phi) is 11.5. The van der Waals surface area contributed by atoms with E-state index in [1.54, 1.807) is 16.9 Å². The number of aliphatic carboxylic acids is 1. The van der Waals surface area contributed by atoms with Crippen molar-refractivity contribution in [3.05, 3.63) is 24.3 Å². The zero-order valence-electron chi connectivity index (χ0n) is 22.6. The van der Waals surface area contributed by atoms with Crippen LogP contribution in [0.15, 0.2) is 18.6 Å². The maximum atomic E-state index is 12.6. The second kappa shape index (κ2) is 14.6. The number of aromatic nitrogens is 6. The fraction of sp³-hybridized carbons (Fsp3) is 0.565. The van der Waals surface area contributed by atoms with Gasteiger partial charge in [-0.05, 0) is 13.0 Å². The van der Waals surface area contributed by atoms with E-state index in [1.165, 1.54) is 6.33 Å². The number of rotatable bonds is 10. The fourth-order valence-corrected chi connectivity index (χ4v) is 4.57. The summed E-state index contributed by atoms with van der Waals surface area (Å²) in [7, 11) is 1.90. The molecule has 0 amide bonds. The average molecular weight is 626 g/mol. The van der Waals surface area contributed by atoms with E-state index in [9.17, 15) is 26.3 Å². The molecule has 1 aliphatic heterocycles. The van der Waals surface area contributed by atoms with Crippen LogP contribution in [-0.2, 0) is 22.6 Å². The number of anilines is 3. The van der Waals surface area contributed by atoms with Crippen molar-refractivity contribution in [2.75, 3.05) is 61.6 Å². The summed E-state index contributed by atoms with van der Waals surface area (Å²) < 4.78 is 75.9.